The standard InChI is InChI=1S/C13H24N2O2/c1-2-7-15(9-12-4-3-6-14-12)13(16)11-5-8-17-10-11/h11-12,14H,2-10H2,1H3. The summed E-state index contributed by atoms with van der Waals surface area (Å²) in [7, 11) is 0. The van der Waals surface area contributed by atoms with E-state index in [2.05, 4.69) is 12.2 Å². The molecule has 0 spiro atoms. The highest BCUT2D eigenvalue weighted by Gasteiger charge is 2.29. The van der Waals surface area contributed by atoms with Gasteiger partial charge in [0.05, 0.1) is 12.5 Å². The van der Waals surface area contributed by atoms with E-state index in [1.54, 1.807) is 0 Å². The molecular formula is C13H24N2O2. The number of carbonyl (C=O) groups excluding carboxylic acids is 1. The lowest BCUT2D eigenvalue weighted by atomic mass is 10.1. The molecule has 0 aromatic heterocycles. The van der Waals surface area contributed by atoms with E-state index >= 15 is 0 Å². The zero-order valence-electron chi connectivity index (χ0n) is 10.8. The first kappa shape index (κ1) is 12.8. The van der Waals surface area contributed by atoms with Gasteiger partial charge in [-0.15, -0.1) is 0 Å². The molecule has 0 aliphatic carbocycles. The molecule has 2 rings (SSSR count). The van der Waals surface area contributed by atoms with Crippen LogP contribution in [0.4, 0.5) is 0 Å². The van der Waals surface area contributed by atoms with Crippen LogP contribution in [0.15, 0.2) is 0 Å². The lowest BCUT2D eigenvalue weighted by Crippen LogP contribution is -2.44. The van der Waals surface area contributed by atoms with Gasteiger partial charge in [0.1, 0.15) is 0 Å². The Morgan fingerprint density at radius 2 is 2.35 bits per heavy atom. The third kappa shape index (κ3) is 3.42. The number of nitrogens with one attached hydrogen (secondary N) is 1. The van der Waals surface area contributed by atoms with Crippen LogP contribution >= 0.6 is 0 Å². The topological polar surface area (TPSA) is 41.6 Å². The van der Waals surface area contributed by atoms with E-state index in [0.717, 1.165) is 39.1 Å². The summed E-state index contributed by atoms with van der Waals surface area (Å²) in [4.78, 5) is 14.4. The smallest absolute Gasteiger partial charge is 0.228 e. The van der Waals surface area contributed by atoms with E-state index in [9.17, 15) is 4.79 Å². The Balaban J connectivity index is 1.87. The normalized spacial score (nSPS) is 28.5. The number of rotatable bonds is 5. The molecule has 0 radical (unpaired) electrons. The van der Waals surface area contributed by atoms with Crippen molar-refractivity contribution < 1.29 is 9.53 Å². The molecule has 2 aliphatic rings. The highest BCUT2D eigenvalue weighted by atomic mass is 16.5. The van der Waals surface area contributed by atoms with Crippen LogP contribution in [0.5, 0.6) is 0 Å². The lowest BCUT2D eigenvalue weighted by molar-refractivity contribution is -0.135. The van der Waals surface area contributed by atoms with Crippen molar-refractivity contribution in [1.82, 2.24) is 10.2 Å². The number of carbonyl (C=O) groups is 1. The van der Waals surface area contributed by atoms with E-state index in [0.29, 0.717) is 18.6 Å². The number of nitrogens with zero attached hydrogens (tertiary/aromatic N) is 1. The molecule has 98 valence electrons. The van der Waals surface area contributed by atoms with Gasteiger partial charge >= 0.3 is 0 Å². The summed E-state index contributed by atoms with van der Waals surface area (Å²) in [6.45, 7) is 6.37. The van der Waals surface area contributed by atoms with Crippen molar-refractivity contribution in [3.05, 3.63) is 0 Å². The predicted molar refractivity (Wildman–Crippen MR) is 66.8 cm³/mol. The fraction of sp³-hybridized carbons (Fsp3) is 0.923. The van der Waals surface area contributed by atoms with Gasteiger partial charge in [0.25, 0.3) is 0 Å². The van der Waals surface area contributed by atoms with E-state index in [1.807, 2.05) is 4.90 Å². The third-order valence-electron chi connectivity index (χ3n) is 3.69. The van der Waals surface area contributed by atoms with Crippen molar-refractivity contribution in [2.75, 3.05) is 32.8 Å². The largest absolute Gasteiger partial charge is 0.381 e. The van der Waals surface area contributed by atoms with Crippen molar-refractivity contribution in [3.8, 4) is 0 Å². The molecule has 2 unspecified atom stereocenters. The summed E-state index contributed by atoms with van der Waals surface area (Å²) in [5, 5.41) is 3.47. The Kier molecular flexibility index (Phi) is 4.80. The number of amides is 1. The van der Waals surface area contributed by atoms with Crippen molar-refractivity contribution in [1.29, 1.82) is 0 Å². The molecule has 2 saturated heterocycles. The predicted octanol–water partition coefficient (Wildman–Crippen LogP) is 1.01. The van der Waals surface area contributed by atoms with Gasteiger partial charge in [0.15, 0.2) is 0 Å². The van der Waals surface area contributed by atoms with Gasteiger partial charge < -0.3 is 15.0 Å². The van der Waals surface area contributed by atoms with Crippen LogP contribution in [0.1, 0.15) is 32.6 Å². The van der Waals surface area contributed by atoms with Crippen molar-refractivity contribution in [2.45, 2.75) is 38.6 Å². The van der Waals surface area contributed by atoms with Crippen molar-refractivity contribution in [3.63, 3.8) is 0 Å². The SMILES string of the molecule is CCCN(CC1CCCN1)C(=O)C1CCOC1. The highest BCUT2D eigenvalue weighted by Crippen LogP contribution is 2.17. The lowest BCUT2D eigenvalue weighted by Gasteiger charge is -2.27. The van der Waals surface area contributed by atoms with Crippen LogP contribution in [0, 0.1) is 5.92 Å². The van der Waals surface area contributed by atoms with Crippen molar-refractivity contribution in [2.24, 2.45) is 5.92 Å². The number of ether oxygens (including phenoxy) is 1. The Hall–Kier alpha value is -0.610. The summed E-state index contributed by atoms with van der Waals surface area (Å²) in [6, 6.07) is 0.507. The summed E-state index contributed by atoms with van der Waals surface area (Å²) in [5.74, 6) is 0.418. The average molecular weight is 240 g/mol. The van der Waals surface area contributed by atoms with E-state index < -0.39 is 0 Å². The highest BCUT2D eigenvalue weighted by molar-refractivity contribution is 5.79. The van der Waals surface area contributed by atoms with Crippen LogP contribution in [0.3, 0.4) is 0 Å². The molecule has 0 aromatic carbocycles. The van der Waals surface area contributed by atoms with Gasteiger partial charge in [-0.2, -0.15) is 0 Å². The molecule has 2 fully saturated rings. The Labute approximate surface area is 104 Å². The first-order valence-corrected chi connectivity index (χ1v) is 6.91. The molecule has 1 amide bonds. The van der Waals surface area contributed by atoms with Crippen LogP contribution in [-0.2, 0) is 9.53 Å². The fourth-order valence-electron chi connectivity index (χ4n) is 2.73. The van der Waals surface area contributed by atoms with Gasteiger partial charge in [0.2, 0.25) is 5.91 Å². The summed E-state index contributed by atoms with van der Waals surface area (Å²) >= 11 is 0. The maximum atomic E-state index is 12.3. The molecular weight excluding hydrogens is 216 g/mol. The maximum Gasteiger partial charge on any atom is 0.228 e. The van der Waals surface area contributed by atoms with Gasteiger partial charge in [0, 0.05) is 25.7 Å². The summed E-state index contributed by atoms with van der Waals surface area (Å²) in [6.07, 6.45) is 4.38. The summed E-state index contributed by atoms with van der Waals surface area (Å²) in [5.41, 5.74) is 0. The van der Waals surface area contributed by atoms with Gasteiger partial charge in [-0.25, -0.2) is 0 Å². The molecule has 2 aliphatic heterocycles. The van der Waals surface area contributed by atoms with E-state index in [1.165, 1.54) is 12.8 Å². The average Bonchev–Trinajstić information content (AvgIpc) is 3.00. The number of hydrogen-bond acceptors (Lipinski definition) is 3. The van der Waals surface area contributed by atoms with Crippen LogP contribution in [-0.4, -0.2) is 49.7 Å². The maximum absolute atomic E-state index is 12.3. The minimum atomic E-state index is 0.114. The minimum Gasteiger partial charge on any atom is -0.381 e. The fourth-order valence-corrected chi connectivity index (χ4v) is 2.73. The zero-order valence-corrected chi connectivity index (χ0v) is 10.8. The van der Waals surface area contributed by atoms with Gasteiger partial charge in [-0.05, 0) is 32.2 Å². The van der Waals surface area contributed by atoms with Gasteiger partial charge in [-0.1, -0.05) is 6.92 Å². The Morgan fingerprint density at radius 3 is 2.94 bits per heavy atom. The van der Waals surface area contributed by atoms with Crippen molar-refractivity contribution >= 4 is 5.91 Å². The zero-order chi connectivity index (χ0) is 12.1. The number of hydrogen-bond donors (Lipinski definition) is 1. The van der Waals surface area contributed by atoms with Crippen LogP contribution in [0.25, 0.3) is 0 Å². The first-order valence-electron chi connectivity index (χ1n) is 6.91. The van der Waals surface area contributed by atoms with Gasteiger partial charge in [-0.3, -0.25) is 4.79 Å². The molecule has 0 bridgehead atoms. The molecule has 0 saturated carbocycles. The van der Waals surface area contributed by atoms with E-state index in [4.69, 9.17) is 4.74 Å². The third-order valence-corrected chi connectivity index (χ3v) is 3.69. The second-order valence-corrected chi connectivity index (χ2v) is 5.14. The Bertz CT molecular complexity index is 246. The molecule has 4 heteroatoms. The Morgan fingerprint density at radius 1 is 1.47 bits per heavy atom. The summed E-state index contributed by atoms with van der Waals surface area (Å²) < 4.78 is 5.31. The molecule has 2 heterocycles. The second kappa shape index (κ2) is 6.36. The molecule has 1 N–H and O–H groups in total. The monoisotopic (exact) mass is 240 g/mol. The molecule has 4 nitrogen and oxygen atoms in total. The van der Waals surface area contributed by atoms with Crippen LogP contribution < -0.4 is 5.32 Å². The molecule has 2 atom stereocenters. The molecule has 17 heavy (non-hydrogen) atoms. The molecule has 0 aromatic rings. The van der Waals surface area contributed by atoms with E-state index in [-0.39, 0.29) is 5.92 Å². The second-order valence-electron chi connectivity index (χ2n) is 5.14. The first-order chi connectivity index (χ1) is 8.31. The quantitative estimate of drug-likeness (QED) is 0.780. The minimum absolute atomic E-state index is 0.114. The van der Waals surface area contributed by atoms with Crippen LogP contribution in [0.2, 0.25) is 0 Å².